The maximum atomic E-state index is 12.0. The van der Waals surface area contributed by atoms with Crippen LogP contribution in [0.3, 0.4) is 0 Å². The van der Waals surface area contributed by atoms with E-state index >= 15 is 0 Å². The highest BCUT2D eigenvalue weighted by Crippen LogP contribution is 2.22. The molecular formula is C20H41NO. The lowest BCUT2D eigenvalue weighted by Gasteiger charge is -2.19. The number of amides is 1. The van der Waals surface area contributed by atoms with Crippen molar-refractivity contribution in [1.82, 2.24) is 4.90 Å². The second-order valence-electron chi connectivity index (χ2n) is 7.12. The molecule has 1 amide bonds. The number of hydrogen-bond acceptors (Lipinski definition) is 1. The third kappa shape index (κ3) is 13.2. The molecule has 2 nitrogen and oxygen atoms in total. The number of carbonyl (C=O) groups is 1. The summed E-state index contributed by atoms with van der Waals surface area (Å²) in [5.41, 5.74) is 0. The van der Waals surface area contributed by atoms with E-state index in [1.54, 1.807) is 4.90 Å². The van der Waals surface area contributed by atoms with Crippen LogP contribution in [0.4, 0.5) is 0 Å². The van der Waals surface area contributed by atoms with Gasteiger partial charge in [-0.1, -0.05) is 84.5 Å². The normalized spacial score (nSPS) is 12.4. The van der Waals surface area contributed by atoms with E-state index in [4.69, 9.17) is 0 Å². The Balaban J connectivity index is 3.88. The first-order valence-electron chi connectivity index (χ1n) is 9.81. The summed E-state index contributed by atoms with van der Waals surface area (Å²) in [6.45, 7) is 4.52. The molecular weight excluding hydrogens is 270 g/mol. The first kappa shape index (κ1) is 21.5. The van der Waals surface area contributed by atoms with Gasteiger partial charge in [-0.25, -0.2) is 0 Å². The van der Waals surface area contributed by atoms with Gasteiger partial charge in [0.1, 0.15) is 0 Å². The van der Waals surface area contributed by atoms with Crippen molar-refractivity contribution in [2.24, 2.45) is 5.92 Å². The minimum absolute atomic E-state index is 0.309. The van der Waals surface area contributed by atoms with Crippen LogP contribution in [-0.2, 0) is 4.79 Å². The van der Waals surface area contributed by atoms with Gasteiger partial charge >= 0.3 is 0 Å². The molecule has 0 aliphatic heterocycles. The zero-order valence-electron chi connectivity index (χ0n) is 15.8. The van der Waals surface area contributed by atoms with Gasteiger partial charge < -0.3 is 4.90 Å². The second kappa shape index (κ2) is 15.4. The smallest absolute Gasteiger partial charge is 0.222 e. The molecule has 0 saturated heterocycles. The minimum atomic E-state index is 0.309. The van der Waals surface area contributed by atoms with Gasteiger partial charge in [0.15, 0.2) is 0 Å². The van der Waals surface area contributed by atoms with Crippen LogP contribution in [0, 0.1) is 5.92 Å². The highest BCUT2D eigenvalue weighted by atomic mass is 16.2. The van der Waals surface area contributed by atoms with Crippen molar-refractivity contribution in [1.29, 1.82) is 0 Å². The summed E-state index contributed by atoms with van der Waals surface area (Å²) in [4.78, 5) is 13.7. The predicted octanol–water partition coefficient (Wildman–Crippen LogP) is 6.19. The van der Waals surface area contributed by atoms with Crippen molar-refractivity contribution in [2.45, 2.75) is 104 Å². The average molecular weight is 312 g/mol. The van der Waals surface area contributed by atoms with Crippen LogP contribution < -0.4 is 0 Å². The standard InChI is InChI=1S/C20H41NO/c1-5-7-9-11-12-13-15-17-19(16-14-10-8-6-2)18-20(22)21(3)4/h19H,5-18H2,1-4H3. The highest BCUT2D eigenvalue weighted by molar-refractivity contribution is 5.75. The first-order chi connectivity index (χ1) is 10.6. The molecule has 1 unspecified atom stereocenters. The average Bonchev–Trinajstić information content (AvgIpc) is 2.50. The van der Waals surface area contributed by atoms with Crippen molar-refractivity contribution >= 4 is 5.91 Å². The molecule has 0 radical (unpaired) electrons. The quantitative estimate of drug-likeness (QED) is 0.330. The largest absolute Gasteiger partial charge is 0.349 e. The Morgan fingerprint density at radius 1 is 0.727 bits per heavy atom. The minimum Gasteiger partial charge on any atom is -0.349 e. The molecule has 1 atom stereocenters. The third-order valence-electron chi connectivity index (χ3n) is 4.64. The SMILES string of the molecule is CCCCCCCCCC(CCCCCC)CC(=O)N(C)C. The van der Waals surface area contributed by atoms with Gasteiger partial charge in [-0.05, 0) is 18.8 Å². The van der Waals surface area contributed by atoms with Gasteiger partial charge in [0.05, 0.1) is 0 Å². The number of rotatable bonds is 15. The maximum Gasteiger partial charge on any atom is 0.222 e. The van der Waals surface area contributed by atoms with Crippen LogP contribution in [-0.4, -0.2) is 24.9 Å². The zero-order valence-corrected chi connectivity index (χ0v) is 15.8. The predicted molar refractivity (Wildman–Crippen MR) is 98.2 cm³/mol. The second-order valence-corrected chi connectivity index (χ2v) is 7.12. The van der Waals surface area contributed by atoms with Crippen molar-refractivity contribution in [3.63, 3.8) is 0 Å². The summed E-state index contributed by atoms with van der Waals surface area (Å²) >= 11 is 0. The van der Waals surface area contributed by atoms with Crippen molar-refractivity contribution in [3.05, 3.63) is 0 Å². The molecule has 0 saturated carbocycles. The number of hydrogen-bond donors (Lipinski definition) is 0. The molecule has 132 valence electrons. The lowest BCUT2D eigenvalue weighted by atomic mass is 9.91. The molecule has 0 aromatic carbocycles. The van der Waals surface area contributed by atoms with Crippen LogP contribution in [0.25, 0.3) is 0 Å². The molecule has 0 fully saturated rings. The van der Waals surface area contributed by atoms with Crippen molar-refractivity contribution in [3.8, 4) is 0 Å². The Kier molecular flexibility index (Phi) is 15.0. The van der Waals surface area contributed by atoms with Crippen molar-refractivity contribution < 1.29 is 4.79 Å². The summed E-state index contributed by atoms with van der Waals surface area (Å²) in [7, 11) is 3.76. The van der Waals surface area contributed by atoms with E-state index in [9.17, 15) is 4.79 Å². The van der Waals surface area contributed by atoms with Crippen LogP contribution in [0.5, 0.6) is 0 Å². The zero-order chi connectivity index (χ0) is 16.6. The molecule has 2 heteroatoms. The summed E-state index contributed by atoms with van der Waals surface area (Å²) in [5.74, 6) is 0.922. The van der Waals surface area contributed by atoms with Crippen molar-refractivity contribution in [2.75, 3.05) is 14.1 Å². The Labute approximate surface area is 140 Å². The number of unbranched alkanes of at least 4 members (excludes halogenated alkanes) is 9. The molecule has 0 aromatic heterocycles. The fourth-order valence-electron chi connectivity index (χ4n) is 3.03. The molecule has 0 aliphatic rings. The number of carbonyl (C=O) groups excluding carboxylic acids is 1. The van der Waals surface area contributed by atoms with Crippen LogP contribution in [0.2, 0.25) is 0 Å². The van der Waals surface area contributed by atoms with Gasteiger partial charge in [0.2, 0.25) is 5.91 Å². The Morgan fingerprint density at radius 2 is 1.14 bits per heavy atom. The molecule has 0 spiro atoms. The summed E-state index contributed by atoms with van der Waals surface area (Å²) in [6, 6.07) is 0. The van der Waals surface area contributed by atoms with Crippen LogP contribution >= 0.6 is 0 Å². The highest BCUT2D eigenvalue weighted by Gasteiger charge is 2.14. The molecule has 0 aliphatic carbocycles. The fraction of sp³-hybridized carbons (Fsp3) is 0.950. The first-order valence-corrected chi connectivity index (χ1v) is 9.81. The monoisotopic (exact) mass is 311 g/mol. The maximum absolute atomic E-state index is 12.0. The van der Waals surface area contributed by atoms with Crippen LogP contribution in [0.15, 0.2) is 0 Å². The topological polar surface area (TPSA) is 20.3 Å². The molecule has 0 N–H and O–H groups in total. The molecule has 0 bridgehead atoms. The molecule has 22 heavy (non-hydrogen) atoms. The van der Waals surface area contributed by atoms with E-state index in [-0.39, 0.29) is 0 Å². The lowest BCUT2D eigenvalue weighted by molar-refractivity contribution is -0.129. The Hall–Kier alpha value is -0.530. The molecule has 0 aromatic rings. The van der Waals surface area contributed by atoms with Crippen LogP contribution in [0.1, 0.15) is 104 Å². The van der Waals surface area contributed by atoms with E-state index in [1.807, 2.05) is 14.1 Å². The molecule has 0 rings (SSSR count). The Morgan fingerprint density at radius 3 is 1.59 bits per heavy atom. The summed E-state index contributed by atoms with van der Waals surface area (Å²) in [6.07, 6.45) is 18.1. The molecule has 0 heterocycles. The van der Waals surface area contributed by atoms with E-state index < -0.39 is 0 Å². The number of nitrogens with zero attached hydrogens (tertiary/aromatic N) is 1. The Bertz CT molecular complexity index is 250. The van der Waals surface area contributed by atoms with E-state index in [0.717, 1.165) is 6.42 Å². The van der Waals surface area contributed by atoms with E-state index in [0.29, 0.717) is 11.8 Å². The third-order valence-corrected chi connectivity index (χ3v) is 4.64. The van der Waals surface area contributed by atoms with E-state index in [2.05, 4.69) is 13.8 Å². The fourth-order valence-corrected chi connectivity index (χ4v) is 3.03. The van der Waals surface area contributed by atoms with Gasteiger partial charge in [0.25, 0.3) is 0 Å². The summed E-state index contributed by atoms with van der Waals surface area (Å²) in [5, 5.41) is 0. The summed E-state index contributed by atoms with van der Waals surface area (Å²) < 4.78 is 0. The van der Waals surface area contributed by atoms with E-state index in [1.165, 1.54) is 83.5 Å². The lowest BCUT2D eigenvalue weighted by Crippen LogP contribution is -2.24. The van der Waals surface area contributed by atoms with Gasteiger partial charge in [0, 0.05) is 20.5 Å². The van der Waals surface area contributed by atoms with Gasteiger partial charge in [-0.3, -0.25) is 4.79 Å². The van der Waals surface area contributed by atoms with Gasteiger partial charge in [-0.2, -0.15) is 0 Å². The van der Waals surface area contributed by atoms with Gasteiger partial charge in [-0.15, -0.1) is 0 Å².